The summed E-state index contributed by atoms with van der Waals surface area (Å²) in [4.78, 5) is 7.93. The van der Waals surface area contributed by atoms with Gasteiger partial charge < -0.3 is 5.32 Å². The Kier molecular flexibility index (Phi) is 3.49. The largest absolute Gasteiger partial charge is 0.336 e. The summed E-state index contributed by atoms with van der Waals surface area (Å²) in [6.45, 7) is 0. The van der Waals surface area contributed by atoms with Crippen molar-refractivity contribution in [1.29, 1.82) is 0 Å². The third-order valence-corrected chi connectivity index (χ3v) is 2.68. The third kappa shape index (κ3) is 2.55. The molecule has 1 aromatic heterocycles. The molecule has 1 heterocycles. The maximum absolute atomic E-state index is 5.99. The van der Waals surface area contributed by atoms with E-state index in [0.29, 0.717) is 21.6 Å². The zero-order valence-corrected chi connectivity index (χ0v) is 10.2. The van der Waals surface area contributed by atoms with Crippen molar-refractivity contribution in [1.82, 2.24) is 9.97 Å². The first-order valence-corrected chi connectivity index (χ1v) is 5.49. The van der Waals surface area contributed by atoms with Gasteiger partial charge in [-0.25, -0.2) is 9.97 Å². The standard InChI is InChI=1S/C10H6Cl3N3/c11-6-1-2-7(12)8(5-6)16-10-9(13)14-3-4-15-10/h1-5H,(H,15,16). The summed E-state index contributed by atoms with van der Waals surface area (Å²) in [5.41, 5.74) is 0.636. The lowest BCUT2D eigenvalue weighted by Gasteiger charge is -2.08. The molecule has 0 atom stereocenters. The number of benzene rings is 1. The lowest BCUT2D eigenvalue weighted by molar-refractivity contribution is 1.20. The van der Waals surface area contributed by atoms with E-state index in [1.54, 1.807) is 18.2 Å². The highest BCUT2D eigenvalue weighted by Crippen LogP contribution is 2.29. The molecular weight excluding hydrogens is 268 g/mol. The summed E-state index contributed by atoms with van der Waals surface area (Å²) in [7, 11) is 0. The summed E-state index contributed by atoms with van der Waals surface area (Å²) in [5, 5.41) is 4.35. The van der Waals surface area contributed by atoms with Crippen LogP contribution in [-0.4, -0.2) is 9.97 Å². The van der Waals surface area contributed by atoms with Gasteiger partial charge in [0.2, 0.25) is 0 Å². The Morgan fingerprint density at radius 2 is 1.75 bits per heavy atom. The number of rotatable bonds is 2. The summed E-state index contributed by atoms with van der Waals surface area (Å²) in [6, 6.07) is 5.08. The van der Waals surface area contributed by atoms with Gasteiger partial charge in [0, 0.05) is 17.4 Å². The maximum atomic E-state index is 5.99. The average molecular weight is 275 g/mol. The Hall–Kier alpha value is -1.03. The normalized spacial score (nSPS) is 10.2. The fraction of sp³-hybridized carbons (Fsp3) is 0. The number of nitrogens with one attached hydrogen (secondary N) is 1. The molecule has 0 fully saturated rings. The Bertz CT molecular complexity index is 516. The highest BCUT2D eigenvalue weighted by Gasteiger charge is 2.06. The second kappa shape index (κ2) is 4.87. The van der Waals surface area contributed by atoms with E-state index in [9.17, 15) is 0 Å². The van der Waals surface area contributed by atoms with E-state index in [0.717, 1.165) is 0 Å². The average Bonchev–Trinajstić information content (AvgIpc) is 2.27. The quantitative estimate of drug-likeness (QED) is 0.892. The van der Waals surface area contributed by atoms with Gasteiger partial charge in [0.1, 0.15) is 0 Å². The second-order valence-electron chi connectivity index (χ2n) is 2.94. The molecule has 0 spiro atoms. The molecule has 0 amide bonds. The predicted octanol–water partition coefficient (Wildman–Crippen LogP) is 4.18. The SMILES string of the molecule is Clc1ccc(Cl)c(Nc2nccnc2Cl)c1. The molecule has 0 unspecified atom stereocenters. The molecule has 0 aliphatic heterocycles. The fourth-order valence-electron chi connectivity index (χ4n) is 1.13. The molecule has 0 bridgehead atoms. The molecule has 2 rings (SSSR count). The molecule has 1 aromatic carbocycles. The van der Waals surface area contributed by atoms with Crippen molar-refractivity contribution >= 4 is 46.3 Å². The zero-order valence-electron chi connectivity index (χ0n) is 7.92. The minimum absolute atomic E-state index is 0.276. The Morgan fingerprint density at radius 3 is 2.50 bits per heavy atom. The van der Waals surface area contributed by atoms with Crippen LogP contribution >= 0.6 is 34.8 Å². The highest BCUT2D eigenvalue weighted by molar-refractivity contribution is 6.35. The molecule has 2 aromatic rings. The smallest absolute Gasteiger partial charge is 0.171 e. The van der Waals surface area contributed by atoms with Crippen LogP contribution in [0.25, 0.3) is 0 Å². The predicted molar refractivity (Wildman–Crippen MR) is 66.8 cm³/mol. The Morgan fingerprint density at radius 1 is 1.00 bits per heavy atom. The van der Waals surface area contributed by atoms with Crippen molar-refractivity contribution in [2.24, 2.45) is 0 Å². The summed E-state index contributed by atoms with van der Waals surface area (Å²) >= 11 is 17.7. The van der Waals surface area contributed by atoms with Crippen molar-refractivity contribution in [2.45, 2.75) is 0 Å². The molecule has 0 radical (unpaired) electrons. The first-order valence-electron chi connectivity index (χ1n) is 4.35. The van der Waals surface area contributed by atoms with Crippen LogP contribution < -0.4 is 5.32 Å². The van der Waals surface area contributed by atoms with Gasteiger partial charge in [0.05, 0.1) is 10.7 Å². The fourth-order valence-corrected chi connectivity index (χ4v) is 1.62. The number of anilines is 2. The van der Waals surface area contributed by atoms with E-state index in [-0.39, 0.29) is 5.15 Å². The van der Waals surface area contributed by atoms with Crippen LogP contribution in [0.1, 0.15) is 0 Å². The molecule has 3 nitrogen and oxygen atoms in total. The van der Waals surface area contributed by atoms with E-state index in [1.165, 1.54) is 12.4 Å². The van der Waals surface area contributed by atoms with E-state index in [4.69, 9.17) is 34.8 Å². The highest BCUT2D eigenvalue weighted by atomic mass is 35.5. The van der Waals surface area contributed by atoms with Crippen LogP contribution in [0.2, 0.25) is 15.2 Å². The number of nitrogens with zero attached hydrogens (tertiary/aromatic N) is 2. The molecular formula is C10H6Cl3N3. The van der Waals surface area contributed by atoms with Crippen LogP contribution in [0, 0.1) is 0 Å². The maximum Gasteiger partial charge on any atom is 0.171 e. The second-order valence-corrected chi connectivity index (χ2v) is 4.15. The van der Waals surface area contributed by atoms with Crippen LogP contribution in [0.5, 0.6) is 0 Å². The number of halogens is 3. The Balaban J connectivity index is 2.34. The minimum Gasteiger partial charge on any atom is -0.336 e. The van der Waals surface area contributed by atoms with E-state index in [2.05, 4.69) is 15.3 Å². The number of aromatic nitrogens is 2. The number of hydrogen-bond acceptors (Lipinski definition) is 3. The summed E-state index contributed by atoms with van der Waals surface area (Å²) in [5.74, 6) is 0.438. The minimum atomic E-state index is 0.276. The van der Waals surface area contributed by atoms with Crippen molar-refractivity contribution in [3.05, 3.63) is 45.8 Å². The van der Waals surface area contributed by atoms with E-state index < -0.39 is 0 Å². The van der Waals surface area contributed by atoms with Gasteiger partial charge in [-0.3, -0.25) is 0 Å². The molecule has 0 saturated heterocycles. The summed E-state index contributed by atoms with van der Waals surface area (Å²) in [6.07, 6.45) is 3.04. The molecule has 6 heteroatoms. The third-order valence-electron chi connectivity index (χ3n) is 1.84. The monoisotopic (exact) mass is 273 g/mol. The zero-order chi connectivity index (χ0) is 11.5. The topological polar surface area (TPSA) is 37.8 Å². The van der Waals surface area contributed by atoms with Gasteiger partial charge in [-0.1, -0.05) is 34.8 Å². The van der Waals surface area contributed by atoms with Crippen LogP contribution in [0.3, 0.4) is 0 Å². The molecule has 1 N–H and O–H groups in total. The van der Waals surface area contributed by atoms with Crippen molar-refractivity contribution < 1.29 is 0 Å². The van der Waals surface area contributed by atoms with Crippen molar-refractivity contribution in [3.63, 3.8) is 0 Å². The first kappa shape index (κ1) is 11.5. The molecule has 16 heavy (non-hydrogen) atoms. The number of hydrogen-bond donors (Lipinski definition) is 1. The molecule has 0 saturated carbocycles. The van der Waals surface area contributed by atoms with Gasteiger partial charge in [-0.05, 0) is 18.2 Å². The molecule has 82 valence electrons. The molecule has 0 aliphatic rings. The van der Waals surface area contributed by atoms with Gasteiger partial charge in [-0.2, -0.15) is 0 Å². The lowest BCUT2D eigenvalue weighted by atomic mass is 10.3. The van der Waals surface area contributed by atoms with Crippen molar-refractivity contribution in [2.75, 3.05) is 5.32 Å². The molecule has 0 aliphatic carbocycles. The van der Waals surface area contributed by atoms with Gasteiger partial charge in [0.15, 0.2) is 11.0 Å². The van der Waals surface area contributed by atoms with Crippen LogP contribution in [0.15, 0.2) is 30.6 Å². The van der Waals surface area contributed by atoms with Crippen LogP contribution in [-0.2, 0) is 0 Å². The summed E-state index contributed by atoms with van der Waals surface area (Å²) < 4.78 is 0. The first-order chi connectivity index (χ1) is 7.66. The van der Waals surface area contributed by atoms with E-state index in [1.807, 2.05) is 0 Å². The Labute approximate surface area is 107 Å². The lowest BCUT2D eigenvalue weighted by Crippen LogP contribution is -1.96. The van der Waals surface area contributed by atoms with E-state index >= 15 is 0 Å². The van der Waals surface area contributed by atoms with Gasteiger partial charge in [0.25, 0.3) is 0 Å². The van der Waals surface area contributed by atoms with Gasteiger partial charge >= 0.3 is 0 Å². The van der Waals surface area contributed by atoms with Crippen LogP contribution in [0.4, 0.5) is 11.5 Å². The van der Waals surface area contributed by atoms with Crippen molar-refractivity contribution in [3.8, 4) is 0 Å². The van der Waals surface area contributed by atoms with Gasteiger partial charge in [-0.15, -0.1) is 0 Å².